The molecule has 1 saturated heterocycles. The largest absolute Gasteiger partial charge is 0.701 e. The maximum absolute atomic E-state index is 11.3. The molecule has 1 fully saturated rings. The summed E-state index contributed by atoms with van der Waals surface area (Å²) in [6.45, 7) is 8.04. The quantitative estimate of drug-likeness (QED) is 0.391. The first-order valence-electron chi connectivity index (χ1n) is 5.60. The van der Waals surface area contributed by atoms with Gasteiger partial charge in [0.15, 0.2) is 0 Å². The summed E-state index contributed by atoms with van der Waals surface area (Å²) < 4.78 is 33.5. The third kappa shape index (κ3) is 2.82. The van der Waals surface area contributed by atoms with E-state index in [0.717, 1.165) is 19.4 Å². The maximum atomic E-state index is 11.3. The maximum Gasteiger partial charge on any atom is 0.255 e. The van der Waals surface area contributed by atoms with E-state index in [1.165, 1.54) is 6.08 Å². The van der Waals surface area contributed by atoms with E-state index in [9.17, 15) is 13.0 Å². The topological polar surface area (TPSA) is 60.4 Å². The van der Waals surface area contributed by atoms with Crippen LogP contribution in [-0.2, 0) is 10.3 Å². The van der Waals surface area contributed by atoms with Crippen LogP contribution in [0.4, 0.5) is 0 Å². The second-order valence-electron chi connectivity index (χ2n) is 4.29. The summed E-state index contributed by atoms with van der Waals surface area (Å²) in [4.78, 5) is 2.04. The average Bonchev–Trinajstić information content (AvgIpc) is 2.59. The van der Waals surface area contributed by atoms with Gasteiger partial charge in [0.05, 0.1) is 6.54 Å². The Morgan fingerprint density at radius 1 is 1.56 bits per heavy atom. The van der Waals surface area contributed by atoms with Gasteiger partial charge in [0.25, 0.3) is 10.3 Å². The van der Waals surface area contributed by atoms with E-state index in [-0.39, 0.29) is 6.54 Å². The van der Waals surface area contributed by atoms with Crippen molar-refractivity contribution in [1.29, 1.82) is 0 Å². The van der Waals surface area contributed by atoms with Gasteiger partial charge in [0.1, 0.15) is 19.8 Å². The van der Waals surface area contributed by atoms with Crippen molar-refractivity contribution in [3.63, 3.8) is 0 Å². The van der Waals surface area contributed by atoms with E-state index < -0.39 is 14.2 Å². The number of hydrogen-bond donors (Lipinski definition) is 0. The van der Waals surface area contributed by atoms with E-state index in [1.807, 2.05) is 4.90 Å². The molecular formula is C10H20N2O3S. The number of quaternary nitrogens is 1. The smallest absolute Gasteiger partial charge is 0.255 e. The summed E-state index contributed by atoms with van der Waals surface area (Å²) in [5, 5.41) is 0. The Bertz CT molecular complexity index is 342. The van der Waals surface area contributed by atoms with Gasteiger partial charge in [-0.25, -0.2) is 3.89 Å². The Morgan fingerprint density at radius 2 is 2.25 bits per heavy atom. The van der Waals surface area contributed by atoms with Gasteiger partial charge in [-0.3, -0.25) is 4.90 Å². The van der Waals surface area contributed by atoms with E-state index in [0.29, 0.717) is 19.8 Å². The van der Waals surface area contributed by atoms with E-state index in [4.69, 9.17) is 0 Å². The summed E-state index contributed by atoms with van der Waals surface area (Å²) in [7, 11) is -4.31. The second kappa shape index (κ2) is 5.27. The normalized spacial score (nSPS) is 27.1. The van der Waals surface area contributed by atoms with Crippen LogP contribution in [0.2, 0.25) is 0 Å². The molecule has 1 aliphatic rings. The Kier molecular flexibility index (Phi) is 4.49. The molecule has 16 heavy (non-hydrogen) atoms. The van der Waals surface area contributed by atoms with Gasteiger partial charge in [-0.1, -0.05) is 19.9 Å². The van der Waals surface area contributed by atoms with E-state index in [2.05, 4.69) is 13.5 Å². The molecule has 0 N–H and O–H groups in total. The van der Waals surface area contributed by atoms with Crippen LogP contribution < -0.4 is 0 Å². The molecule has 6 heteroatoms. The number of rotatable bonds is 6. The summed E-state index contributed by atoms with van der Waals surface area (Å²) in [5.41, 5.74) is 0. The first-order chi connectivity index (χ1) is 7.45. The minimum Gasteiger partial charge on any atom is -0.701 e. The molecule has 0 amide bonds. The third-order valence-electron chi connectivity index (χ3n) is 3.05. The first kappa shape index (κ1) is 13.6. The molecule has 0 spiro atoms. The van der Waals surface area contributed by atoms with Crippen molar-refractivity contribution in [2.24, 2.45) is 0 Å². The van der Waals surface area contributed by atoms with Crippen LogP contribution in [0.1, 0.15) is 19.8 Å². The highest BCUT2D eigenvalue weighted by molar-refractivity contribution is 7.80. The van der Waals surface area contributed by atoms with Crippen LogP contribution >= 0.6 is 0 Å². The fourth-order valence-corrected chi connectivity index (χ4v) is 2.95. The summed E-state index contributed by atoms with van der Waals surface area (Å²) in [5.74, 6) is 0. The molecule has 1 heterocycles. The van der Waals surface area contributed by atoms with Crippen LogP contribution in [0.5, 0.6) is 0 Å². The molecule has 0 aromatic heterocycles. The van der Waals surface area contributed by atoms with Gasteiger partial charge >= 0.3 is 0 Å². The van der Waals surface area contributed by atoms with Crippen molar-refractivity contribution in [1.82, 2.24) is 4.90 Å². The predicted octanol–water partition coefficient (Wildman–Crippen LogP) is 0.523. The van der Waals surface area contributed by atoms with Gasteiger partial charge < -0.3 is 4.55 Å². The lowest BCUT2D eigenvalue weighted by atomic mass is 10.3. The van der Waals surface area contributed by atoms with Crippen molar-refractivity contribution in [3.05, 3.63) is 12.7 Å². The van der Waals surface area contributed by atoms with Crippen LogP contribution in [0.25, 0.3) is 0 Å². The molecular weight excluding hydrogens is 228 g/mol. The van der Waals surface area contributed by atoms with Gasteiger partial charge in [-0.2, -0.15) is 8.42 Å². The van der Waals surface area contributed by atoms with Crippen LogP contribution in [-0.4, -0.2) is 54.6 Å². The molecule has 5 nitrogen and oxygen atoms in total. The molecule has 1 atom stereocenters. The molecule has 94 valence electrons. The monoisotopic (exact) mass is 248 g/mol. The lowest BCUT2D eigenvalue weighted by Crippen LogP contribution is -2.51. The van der Waals surface area contributed by atoms with Crippen LogP contribution in [0.15, 0.2) is 12.7 Å². The lowest BCUT2D eigenvalue weighted by molar-refractivity contribution is -0.796. The number of hydrogen-bond acceptors (Lipinski definition) is 4. The van der Waals surface area contributed by atoms with Crippen molar-refractivity contribution >= 4 is 10.3 Å². The van der Waals surface area contributed by atoms with Crippen LogP contribution in [0, 0.1) is 0 Å². The SMILES string of the molecule is C=CC[N+]1(S(=O)(=O)[O-])CCN(CCCC)C1. The molecule has 0 aromatic carbocycles. The number of nitrogens with zero attached hydrogens (tertiary/aromatic N) is 2. The Morgan fingerprint density at radius 3 is 2.75 bits per heavy atom. The minimum atomic E-state index is -4.31. The molecule has 0 aromatic rings. The summed E-state index contributed by atoms with van der Waals surface area (Å²) >= 11 is 0. The third-order valence-corrected chi connectivity index (χ3v) is 4.44. The minimum absolute atomic E-state index is 0.203. The Labute approximate surface area is 97.8 Å². The zero-order valence-electron chi connectivity index (χ0n) is 9.76. The van der Waals surface area contributed by atoms with Gasteiger partial charge in [0.2, 0.25) is 0 Å². The Balaban J connectivity index is 2.73. The molecule has 1 unspecified atom stereocenters. The summed E-state index contributed by atoms with van der Waals surface area (Å²) in [6.07, 6.45) is 3.62. The number of unbranched alkanes of at least 4 members (excludes halogenated alkanes) is 1. The molecule has 0 aliphatic carbocycles. The zero-order valence-corrected chi connectivity index (χ0v) is 10.6. The zero-order chi connectivity index (χ0) is 12.2. The van der Waals surface area contributed by atoms with Crippen molar-refractivity contribution in [3.8, 4) is 0 Å². The van der Waals surface area contributed by atoms with Crippen molar-refractivity contribution in [2.75, 3.05) is 32.8 Å². The highest BCUT2D eigenvalue weighted by Crippen LogP contribution is 2.21. The standard InChI is InChI=1S/C10H20N2O3S/c1-3-5-6-11-7-9-12(10-11,8-4-2)16(13,14)15/h4H,2-3,5-10H2,1H3. The molecule has 0 radical (unpaired) electrons. The molecule has 0 bridgehead atoms. The molecule has 1 rings (SSSR count). The fraction of sp³-hybridized carbons (Fsp3) is 0.800. The predicted molar refractivity (Wildman–Crippen MR) is 61.2 cm³/mol. The second-order valence-corrected chi connectivity index (χ2v) is 5.92. The van der Waals surface area contributed by atoms with Gasteiger partial charge in [0, 0.05) is 6.54 Å². The molecule has 1 aliphatic heterocycles. The average molecular weight is 248 g/mol. The first-order valence-corrected chi connectivity index (χ1v) is 6.97. The summed E-state index contributed by atoms with van der Waals surface area (Å²) in [6, 6.07) is 0. The molecule has 0 saturated carbocycles. The van der Waals surface area contributed by atoms with Crippen LogP contribution in [0.3, 0.4) is 0 Å². The van der Waals surface area contributed by atoms with Crippen molar-refractivity contribution < 1.29 is 16.9 Å². The van der Waals surface area contributed by atoms with E-state index >= 15 is 0 Å². The fourth-order valence-electron chi connectivity index (χ4n) is 2.05. The van der Waals surface area contributed by atoms with Crippen molar-refractivity contribution in [2.45, 2.75) is 19.8 Å². The Hall–Kier alpha value is -0.430. The highest BCUT2D eigenvalue weighted by Gasteiger charge is 2.41. The lowest BCUT2D eigenvalue weighted by Gasteiger charge is -2.34. The van der Waals surface area contributed by atoms with Gasteiger partial charge in [-0.05, 0) is 12.5 Å². The highest BCUT2D eigenvalue weighted by atomic mass is 32.2. The van der Waals surface area contributed by atoms with E-state index in [1.54, 1.807) is 0 Å². The van der Waals surface area contributed by atoms with Gasteiger partial charge in [-0.15, -0.1) is 0 Å².